The van der Waals surface area contributed by atoms with E-state index in [1.807, 2.05) is 6.92 Å². The second-order valence-corrected chi connectivity index (χ2v) is 6.36. The van der Waals surface area contributed by atoms with Crippen molar-refractivity contribution in [1.29, 1.82) is 0 Å². The standard InChI is InChI=1S/C16H28ClN3/c1-4-18-11-14(13-8-6-7-9-13)10-15-16(17)12(3)19-20(15)5-2/h13-14,18H,4-11H2,1-3H3. The average molecular weight is 298 g/mol. The molecule has 20 heavy (non-hydrogen) atoms. The second kappa shape index (κ2) is 7.46. The van der Waals surface area contributed by atoms with Gasteiger partial charge in [-0.3, -0.25) is 4.68 Å². The van der Waals surface area contributed by atoms with Crippen LogP contribution in [0.1, 0.15) is 50.9 Å². The predicted molar refractivity (Wildman–Crippen MR) is 85.3 cm³/mol. The minimum atomic E-state index is 0.691. The Morgan fingerprint density at radius 1 is 1.35 bits per heavy atom. The fraction of sp³-hybridized carbons (Fsp3) is 0.812. The molecule has 0 radical (unpaired) electrons. The van der Waals surface area contributed by atoms with Crippen LogP contribution in [0.3, 0.4) is 0 Å². The monoisotopic (exact) mass is 297 g/mol. The highest BCUT2D eigenvalue weighted by Crippen LogP contribution is 2.34. The quantitative estimate of drug-likeness (QED) is 0.829. The zero-order chi connectivity index (χ0) is 14.5. The predicted octanol–water partition coefficient (Wildman–Crippen LogP) is 3.82. The molecule has 0 amide bonds. The number of hydrogen-bond acceptors (Lipinski definition) is 2. The highest BCUT2D eigenvalue weighted by molar-refractivity contribution is 6.31. The largest absolute Gasteiger partial charge is 0.317 e. The molecule has 1 saturated carbocycles. The number of hydrogen-bond donors (Lipinski definition) is 1. The van der Waals surface area contributed by atoms with Gasteiger partial charge in [0.25, 0.3) is 0 Å². The van der Waals surface area contributed by atoms with E-state index in [0.717, 1.165) is 42.7 Å². The molecule has 1 aromatic heterocycles. The third-order valence-corrected chi connectivity index (χ3v) is 5.12. The van der Waals surface area contributed by atoms with Gasteiger partial charge in [0.05, 0.1) is 16.4 Å². The summed E-state index contributed by atoms with van der Waals surface area (Å²) in [6.07, 6.45) is 6.62. The van der Waals surface area contributed by atoms with Crippen LogP contribution in [0.25, 0.3) is 0 Å². The van der Waals surface area contributed by atoms with Crippen molar-refractivity contribution in [3.8, 4) is 0 Å². The van der Waals surface area contributed by atoms with Crippen LogP contribution in [0.15, 0.2) is 0 Å². The summed E-state index contributed by atoms with van der Waals surface area (Å²) in [4.78, 5) is 0. The molecule has 1 heterocycles. The molecule has 1 aliphatic rings. The normalized spacial score (nSPS) is 17.8. The smallest absolute Gasteiger partial charge is 0.0847 e. The van der Waals surface area contributed by atoms with E-state index in [1.165, 1.54) is 31.4 Å². The van der Waals surface area contributed by atoms with Gasteiger partial charge < -0.3 is 5.32 Å². The van der Waals surface area contributed by atoms with Gasteiger partial charge in [-0.25, -0.2) is 0 Å². The molecular weight excluding hydrogens is 270 g/mol. The molecule has 114 valence electrons. The summed E-state index contributed by atoms with van der Waals surface area (Å²) in [5.41, 5.74) is 2.21. The first kappa shape index (κ1) is 15.8. The third-order valence-electron chi connectivity index (χ3n) is 4.63. The van der Waals surface area contributed by atoms with Gasteiger partial charge in [0.2, 0.25) is 0 Å². The van der Waals surface area contributed by atoms with E-state index in [4.69, 9.17) is 11.6 Å². The van der Waals surface area contributed by atoms with Crippen LogP contribution in [0.4, 0.5) is 0 Å². The van der Waals surface area contributed by atoms with Crippen LogP contribution in [0, 0.1) is 18.8 Å². The van der Waals surface area contributed by atoms with E-state index in [0.29, 0.717) is 5.92 Å². The Morgan fingerprint density at radius 2 is 2.05 bits per heavy atom. The molecule has 2 rings (SSSR count). The maximum atomic E-state index is 6.47. The summed E-state index contributed by atoms with van der Waals surface area (Å²) in [5.74, 6) is 1.54. The van der Waals surface area contributed by atoms with Crippen molar-refractivity contribution in [1.82, 2.24) is 15.1 Å². The van der Waals surface area contributed by atoms with Crippen molar-refractivity contribution in [3.05, 3.63) is 16.4 Å². The summed E-state index contributed by atoms with van der Waals surface area (Å²) >= 11 is 6.47. The van der Waals surface area contributed by atoms with E-state index in [-0.39, 0.29) is 0 Å². The van der Waals surface area contributed by atoms with Crippen molar-refractivity contribution in [2.24, 2.45) is 11.8 Å². The Kier molecular flexibility index (Phi) is 5.91. The SMILES string of the molecule is CCNCC(Cc1c(Cl)c(C)nn1CC)C1CCCC1. The first-order valence-corrected chi connectivity index (χ1v) is 8.47. The maximum Gasteiger partial charge on any atom is 0.0847 e. The van der Waals surface area contributed by atoms with E-state index in [9.17, 15) is 0 Å². The van der Waals surface area contributed by atoms with Crippen molar-refractivity contribution in [3.63, 3.8) is 0 Å². The number of nitrogens with zero attached hydrogens (tertiary/aromatic N) is 2. The maximum absolute atomic E-state index is 6.47. The van der Waals surface area contributed by atoms with Gasteiger partial charge in [-0.05, 0) is 45.2 Å². The van der Waals surface area contributed by atoms with E-state index in [1.54, 1.807) is 0 Å². The van der Waals surface area contributed by atoms with Crippen molar-refractivity contribution in [2.45, 2.75) is 59.4 Å². The van der Waals surface area contributed by atoms with Crippen molar-refractivity contribution >= 4 is 11.6 Å². The minimum Gasteiger partial charge on any atom is -0.317 e. The summed E-state index contributed by atoms with van der Waals surface area (Å²) in [5, 5.41) is 8.97. The van der Waals surface area contributed by atoms with Crippen molar-refractivity contribution < 1.29 is 0 Å². The number of aromatic nitrogens is 2. The summed E-state index contributed by atoms with van der Waals surface area (Å²) < 4.78 is 2.09. The number of rotatable bonds is 7. The molecule has 1 aromatic rings. The first-order valence-electron chi connectivity index (χ1n) is 8.09. The summed E-state index contributed by atoms with van der Waals surface area (Å²) in [7, 11) is 0. The van der Waals surface area contributed by atoms with Gasteiger partial charge in [0, 0.05) is 6.54 Å². The van der Waals surface area contributed by atoms with Gasteiger partial charge in [-0.15, -0.1) is 0 Å². The van der Waals surface area contributed by atoms with E-state index < -0.39 is 0 Å². The molecule has 1 fully saturated rings. The fourth-order valence-corrected chi connectivity index (χ4v) is 3.69. The zero-order valence-electron chi connectivity index (χ0n) is 13.1. The van der Waals surface area contributed by atoms with Gasteiger partial charge >= 0.3 is 0 Å². The van der Waals surface area contributed by atoms with Crippen LogP contribution >= 0.6 is 11.6 Å². The Labute approximate surface area is 128 Å². The lowest BCUT2D eigenvalue weighted by Crippen LogP contribution is -2.29. The topological polar surface area (TPSA) is 29.9 Å². The Morgan fingerprint density at radius 3 is 2.65 bits per heavy atom. The van der Waals surface area contributed by atoms with Gasteiger partial charge in [-0.2, -0.15) is 5.10 Å². The molecule has 0 spiro atoms. The molecule has 0 saturated heterocycles. The molecule has 1 N–H and O–H groups in total. The van der Waals surface area contributed by atoms with Crippen LogP contribution in [0.5, 0.6) is 0 Å². The summed E-state index contributed by atoms with van der Waals surface area (Å²) in [6, 6.07) is 0. The van der Waals surface area contributed by atoms with Gasteiger partial charge in [0.1, 0.15) is 0 Å². The first-order chi connectivity index (χ1) is 9.67. The van der Waals surface area contributed by atoms with E-state index >= 15 is 0 Å². The van der Waals surface area contributed by atoms with Gasteiger partial charge in [0.15, 0.2) is 0 Å². The van der Waals surface area contributed by atoms with Crippen LogP contribution < -0.4 is 5.32 Å². The molecule has 3 nitrogen and oxygen atoms in total. The Balaban J connectivity index is 2.13. The zero-order valence-corrected chi connectivity index (χ0v) is 13.8. The van der Waals surface area contributed by atoms with E-state index in [2.05, 4.69) is 28.9 Å². The summed E-state index contributed by atoms with van der Waals surface area (Å²) in [6.45, 7) is 9.38. The molecule has 1 atom stereocenters. The molecular formula is C16H28ClN3. The lowest BCUT2D eigenvalue weighted by atomic mass is 9.87. The van der Waals surface area contributed by atoms with Gasteiger partial charge in [-0.1, -0.05) is 44.2 Å². The molecule has 0 aliphatic heterocycles. The van der Waals surface area contributed by atoms with Crippen LogP contribution in [0.2, 0.25) is 5.02 Å². The number of aryl methyl sites for hydroxylation is 2. The molecule has 4 heteroatoms. The second-order valence-electron chi connectivity index (χ2n) is 5.98. The highest BCUT2D eigenvalue weighted by atomic mass is 35.5. The number of nitrogens with one attached hydrogen (secondary N) is 1. The molecule has 0 aromatic carbocycles. The molecule has 1 unspecified atom stereocenters. The van der Waals surface area contributed by atoms with Crippen LogP contribution in [-0.2, 0) is 13.0 Å². The molecule has 0 bridgehead atoms. The third kappa shape index (κ3) is 3.56. The number of halogens is 1. The Hall–Kier alpha value is -0.540. The molecule has 1 aliphatic carbocycles. The average Bonchev–Trinajstić information content (AvgIpc) is 3.06. The van der Waals surface area contributed by atoms with Crippen molar-refractivity contribution in [2.75, 3.05) is 13.1 Å². The Bertz CT molecular complexity index is 422. The lowest BCUT2D eigenvalue weighted by molar-refractivity contribution is 0.316. The lowest BCUT2D eigenvalue weighted by Gasteiger charge is -2.24. The fourth-order valence-electron chi connectivity index (χ4n) is 3.48. The van der Waals surface area contributed by atoms with Crippen LogP contribution in [-0.4, -0.2) is 22.9 Å². The highest BCUT2D eigenvalue weighted by Gasteiger charge is 2.27. The minimum absolute atomic E-state index is 0.691.